The summed E-state index contributed by atoms with van der Waals surface area (Å²) in [6, 6.07) is -1.02. The first-order valence-electron chi connectivity index (χ1n) is 13.3. The number of carbonyl (C=O) groups excluding carboxylic acids is 1. The van der Waals surface area contributed by atoms with Crippen LogP contribution in [-0.4, -0.2) is 126 Å². The number of aliphatic hydroxyl groups is 5. The van der Waals surface area contributed by atoms with Crippen molar-refractivity contribution in [2.45, 2.75) is 114 Å². The second kappa shape index (κ2) is 18.6. The molecule has 9 N–H and O–H groups in total. The molecule has 0 saturated carbocycles. The molecule has 226 valence electrons. The zero-order valence-corrected chi connectivity index (χ0v) is 23.1. The lowest BCUT2D eigenvalue weighted by atomic mass is 9.95. The molecule has 14 heteroatoms. The normalized spacial score (nSPS) is 35.5. The molecular formula is C24H47ClN2O11. The Morgan fingerprint density at radius 2 is 1.47 bits per heavy atom. The van der Waals surface area contributed by atoms with E-state index in [-0.39, 0.29) is 19.0 Å². The summed E-state index contributed by atoms with van der Waals surface area (Å²) in [6.45, 7) is 3.13. The Morgan fingerprint density at radius 1 is 0.842 bits per heavy atom. The van der Waals surface area contributed by atoms with Crippen LogP contribution in [-0.2, 0) is 28.5 Å². The Hall–Kier alpha value is -0.680. The third kappa shape index (κ3) is 10.1. The fraction of sp³-hybridized carbons (Fsp3) is 0.958. The lowest BCUT2D eigenvalue weighted by Crippen LogP contribution is -3.00. The van der Waals surface area contributed by atoms with Gasteiger partial charge in [-0.15, -0.1) is 0 Å². The highest BCUT2D eigenvalue weighted by Gasteiger charge is 2.52. The predicted molar refractivity (Wildman–Crippen MR) is 129 cm³/mol. The first-order chi connectivity index (χ1) is 17.8. The minimum Gasteiger partial charge on any atom is -1.00 e. The summed E-state index contributed by atoms with van der Waals surface area (Å²) in [7, 11) is 0. The van der Waals surface area contributed by atoms with Crippen molar-refractivity contribution in [3.8, 4) is 0 Å². The number of amides is 1. The molecule has 0 aliphatic carbocycles. The zero-order valence-electron chi connectivity index (χ0n) is 22.3. The molecular weight excluding hydrogens is 528 g/mol. The van der Waals surface area contributed by atoms with Gasteiger partial charge in [0, 0.05) is 13.5 Å². The van der Waals surface area contributed by atoms with Gasteiger partial charge in [0.2, 0.25) is 5.91 Å². The number of halogens is 1. The number of hydrogen-bond donors (Lipinski definition) is 7. The van der Waals surface area contributed by atoms with E-state index < -0.39 is 80.5 Å². The fourth-order valence-electron chi connectivity index (χ4n) is 4.57. The summed E-state index contributed by atoms with van der Waals surface area (Å²) in [6.07, 6.45) is -4.97. The summed E-state index contributed by atoms with van der Waals surface area (Å²) in [5, 5.41) is 54.3. The zero-order chi connectivity index (χ0) is 27.4. The van der Waals surface area contributed by atoms with E-state index in [4.69, 9.17) is 23.7 Å². The Bertz CT molecular complexity index is 652. The molecule has 38 heavy (non-hydrogen) atoms. The van der Waals surface area contributed by atoms with E-state index in [0.717, 1.165) is 32.1 Å². The van der Waals surface area contributed by atoms with Gasteiger partial charge in [0.25, 0.3) is 0 Å². The lowest BCUT2D eigenvalue weighted by Gasteiger charge is -2.47. The third-order valence-corrected chi connectivity index (χ3v) is 6.57. The lowest BCUT2D eigenvalue weighted by molar-refractivity contribution is -0.388. The van der Waals surface area contributed by atoms with Gasteiger partial charge in [0.15, 0.2) is 12.6 Å². The monoisotopic (exact) mass is 574 g/mol. The van der Waals surface area contributed by atoms with Gasteiger partial charge in [0.05, 0.1) is 26.4 Å². The first-order valence-corrected chi connectivity index (χ1v) is 13.3. The average molecular weight is 575 g/mol. The van der Waals surface area contributed by atoms with E-state index >= 15 is 0 Å². The fourth-order valence-corrected chi connectivity index (χ4v) is 4.57. The van der Waals surface area contributed by atoms with Crippen LogP contribution in [0.15, 0.2) is 0 Å². The third-order valence-electron chi connectivity index (χ3n) is 6.57. The number of rotatable bonds is 16. The molecule has 0 aromatic heterocycles. The van der Waals surface area contributed by atoms with Gasteiger partial charge in [-0.2, -0.15) is 0 Å². The van der Waals surface area contributed by atoms with Crippen LogP contribution in [0, 0.1) is 0 Å². The standard InChI is InChI=1S/C24H46N2O11.ClH/c1-3-4-5-6-7-8-10-34-23-17(26-14(2)29)19(31)21(16(13-28)36-23)37-24-22(33-11-9-25)20(32)18(30)15(12-27)35-24;/h15-24,27-28,30-32H,3-13,25H2,1-2H3,(H,26,29);1H/t15-,16-,17-,18+,19-,20+,21-,22-,23-,24+;/m1./s1. The molecule has 2 rings (SSSR count). The maximum absolute atomic E-state index is 11.9. The van der Waals surface area contributed by atoms with E-state index in [9.17, 15) is 30.3 Å². The quantitative estimate of drug-likeness (QED) is 0.0865. The number of unbranched alkanes of at least 4 members (excludes halogenated alkanes) is 5. The molecule has 2 aliphatic rings. The number of hydrogen-bond acceptors (Lipinski definition) is 11. The maximum Gasteiger partial charge on any atom is 0.217 e. The second-order valence-electron chi connectivity index (χ2n) is 9.58. The van der Waals surface area contributed by atoms with Gasteiger partial charge in [-0.3, -0.25) is 4.79 Å². The van der Waals surface area contributed by atoms with Gasteiger partial charge < -0.3 is 72.7 Å². The molecule has 0 aromatic carbocycles. The molecule has 0 radical (unpaired) electrons. The number of carbonyl (C=O) groups is 1. The molecule has 2 aliphatic heterocycles. The second-order valence-corrected chi connectivity index (χ2v) is 9.58. The van der Waals surface area contributed by atoms with E-state index in [1.54, 1.807) is 0 Å². The summed E-state index contributed by atoms with van der Waals surface area (Å²) in [5.74, 6) is -0.425. The first kappa shape index (κ1) is 35.3. The SMILES string of the molecule is CCCCCCCCO[C@@H]1O[C@H](CO)[C@@H](O[C@@H]2O[C@H](CO)[C@H](O)[C@H](O)[C@H]2OCC[NH3+])[C@H](O)[C@H]1NC(C)=O.[Cl-]. The number of aliphatic hydroxyl groups excluding tert-OH is 5. The maximum atomic E-state index is 11.9. The number of nitrogens with one attached hydrogen (secondary N) is 1. The van der Waals surface area contributed by atoms with Crippen LogP contribution < -0.4 is 23.5 Å². The van der Waals surface area contributed by atoms with Gasteiger partial charge in [-0.05, 0) is 6.42 Å². The highest BCUT2D eigenvalue weighted by Crippen LogP contribution is 2.30. The molecule has 2 heterocycles. The van der Waals surface area contributed by atoms with Crippen LogP contribution in [0.5, 0.6) is 0 Å². The van der Waals surface area contributed by atoms with Crippen LogP contribution in [0.4, 0.5) is 0 Å². The van der Waals surface area contributed by atoms with E-state index in [1.165, 1.54) is 13.3 Å². The summed E-state index contributed by atoms with van der Waals surface area (Å²) in [5.41, 5.74) is 3.68. The largest absolute Gasteiger partial charge is 1.00 e. The summed E-state index contributed by atoms with van der Waals surface area (Å²) >= 11 is 0. The van der Waals surface area contributed by atoms with Crippen molar-refractivity contribution in [2.75, 3.05) is 33.0 Å². The Balaban J connectivity index is 0.00000722. The van der Waals surface area contributed by atoms with Gasteiger partial charge in [-0.25, -0.2) is 0 Å². The van der Waals surface area contributed by atoms with Gasteiger partial charge >= 0.3 is 0 Å². The Kier molecular flexibility index (Phi) is 17.3. The van der Waals surface area contributed by atoms with Crippen molar-refractivity contribution in [3.63, 3.8) is 0 Å². The highest BCUT2D eigenvalue weighted by atomic mass is 35.5. The van der Waals surface area contributed by atoms with E-state index in [0.29, 0.717) is 13.2 Å². The van der Waals surface area contributed by atoms with E-state index in [1.807, 2.05) is 0 Å². The predicted octanol–water partition coefficient (Wildman–Crippen LogP) is -5.60. The smallest absolute Gasteiger partial charge is 0.217 e. The van der Waals surface area contributed by atoms with Crippen molar-refractivity contribution in [2.24, 2.45) is 0 Å². The number of quaternary nitrogens is 1. The summed E-state index contributed by atoms with van der Waals surface area (Å²) < 4.78 is 28.9. The minimum atomic E-state index is -1.46. The van der Waals surface area contributed by atoms with E-state index in [2.05, 4.69) is 18.0 Å². The number of ether oxygens (including phenoxy) is 5. The molecule has 0 unspecified atom stereocenters. The minimum absolute atomic E-state index is 0. The van der Waals surface area contributed by atoms with Gasteiger partial charge in [0.1, 0.15) is 48.8 Å². The Morgan fingerprint density at radius 3 is 2.08 bits per heavy atom. The van der Waals surface area contributed by atoms with Gasteiger partial charge in [-0.1, -0.05) is 39.0 Å². The molecule has 1 amide bonds. The van der Waals surface area contributed by atoms with Crippen molar-refractivity contribution >= 4 is 5.91 Å². The highest BCUT2D eigenvalue weighted by molar-refractivity contribution is 5.73. The molecule has 0 spiro atoms. The van der Waals surface area contributed by atoms with Crippen molar-refractivity contribution in [3.05, 3.63) is 0 Å². The van der Waals surface area contributed by atoms with Crippen LogP contribution in [0.1, 0.15) is 52.4 Å². The Labute approximate surface area is 230 Å². The van der Waals surface area contributed by atoms with Crippen LogP contribution in [0.25, 0.3) is 0 Å². The topological polar surface area (TPSA) is 204 Å². The molecule has 0 bridgehead atoms. The molecule has 0 aromatic rings. The average Bonchev–Trinajstić information content (AvgIpc) is 2.88. The van der Waals surface area contributed by atoms with Crippen LogP contribution in [0.2, 0.25) is 0 Å². The molecule has 10 atom stereocenters. The van der Waals surface area contributed by atoms with Crippen LogP contribution >= 0.6 is 0 Å². The molecule has 2 fully saturated rings. The van der Waals surface area contributed by atoms with Crippen molar-refractivity contribution in [1.29, 1.82) is 0 Å². The van der Waals surface area contributed by atoms with Crippen molar-refractivity contribution < 1.29 is 72.2 Å². The molecule has 13 nitrogen and oxygen atoms in total. The summed E-state index contributed by atoms with van der Waals surface area (Å²) in [4.78, 5) is 11.9. The van der Waals surface area contributed by atoms with Crippen molar-refractivity contribution in [1.82, 2.24) is 5.32 Å². The molecule has 2 saturated heterocycles. The van der Waals surface area contributed by atoms with Crippen LogP contribution in [0.3, 0.4) is 0 Å².